The van der Waals surface area contributed by atoms with Gasteiger partial charge >= 0.3 is 0 Å². The molecule has 1 fully saturated rings. The molecule has 1 aliphatic rings. The lowest BCUT2D eigenvalue weighted by molar-refractivity contribution is -0.118. The second-order valence-corrected chi connectivity index (χ2v) is 4.67. The van der Waals surface area contributed by atoms with Gasteiger partial charge in [0.1, 0.15) is 5.78 Å². The molecule has 1 heterocycles. The summed E-state index contributed by atoms with van der Waals surface area (Å²) in [4.78, 5) is 13.3. The van der Waals surface area contributed by atoms with Crippen molar-refractivity contribution in [1.82, 2.24) is 4.90 Å². The van der Waals surface area contributed by atoms with Gasteiger partial charge in [-0.3, -0.25) is 4.79 Å². The molecule has 12 heavy (non-hydrogen) atoms. The number of Topliss-reactive ketones (excluding diaryl/α,β-unsaturated/α-hetero) is 1. The van der Waals surface area contributed by atoms with Crippen molar-refractivity contribution in [2.24, 2.45) is 0 Å². The number of rotatable bonds is 2. The Morgan fingerprint density at radius 3 is 3.00 bits per heavy atom. The number of thioether (sulfide) groups is 1. The normalized spacial score (nSPS) is 26.7. The molecule has 0 aromatic heterocycles. The summed E-state index contributed by atoms with van der Waals surface area (Å²) in [7, 11) is 2.12. The van der Waals surface area contributed by atoms with Crippen LogP contribution in [0.5, 0.6) is 0 Å². The van der Waals surface area contributed by atoms with Gasteiger partial charge in [0.05, 0.1) is 0 Å². The SMILES string of the molecule is CC(=O)CC1CCSCCN1C. The van der Waals surface area contributed by atoms with Crippen LogP contribution >= 0.6 is 11.8 Å². The van der Waals surface area contributed by atoms with Gasteiger partial charge in [0.25, 0.3) is 0 Å². The van der Waals surface area contributed by atoms with E-state index in [0.717, 1.165) is 13.0 Å². The number of hydrogen-bond donors (Lipinski definition) is 0. The van der Waals surface area contributed by atoms with Crippen LogP contribution in [0, 0.1) is 0 Å². The van der Waals surface area contributed by atoms with Crippen LogP contribution in [0.15, 0.2) is 0 Å². The number of carbonyl (C=O) groups excluding carboxylic acids is 1. The second kappa shape index (κ2) is 4.87. The van der Waals surface area contributed by atoms with E-state index in [1.54, 1.807) is 6.92 Å². The Morgan fingerprint density at radius 2 is 2.33 bits per heavy atom. The Morgan fingerprint density at radius 1 is 1.58 bits per heavy atom. The molecule has 0 N–H and O–H groups in total. The van der Waals surface area contributed by atoms with Crippen molar-refractivity contribution < 1.29 is 4.79 Å². The quantitative estimate of drug-likeness (QED) is 0.652. The first-order valence-electron chi connectivity index (χ1n) is 4.47. The fourth-order valence-corrected chi connectivity index (χ4v) is 2.58. The number of hydrogen-bond acceptors (Lipinski definition) is 3. The zero-order valence-corrected chi connectivity index (χ0v) is 8.69. The van der Waals surface area contributed by atoms with Gasteiger partial charge in [-0.2, -0.15) is 11.8 Å². The molecular formula is C9H17NOS. The van der Waals surface area contributed by atoms with Crippen LogP contribution in [0.25, 0.3) is 0 Å². The molecule has 1 aliphatic heterocycles. The van der Waals surface area contributed by atoms with Crippen molar-refractivity contribution in [2.75, 3.05) is 25.1 Å². The molecule has 1 atom stereocenters. The second-order valence-electron chi connectivity index (χ2n) is 3.44. The Hall–Kier alpha value is -0.0200. The third-order valence-electron chi connectivity index (χ3n) is 2.33. The standard InChI is InChI=1S/C9H17NOS/c1-8(11)7-9-3-5-12-6-4-10(9)2/h9H,3-7H2,1-2H3. The molecule has 0 aromatic rings. The van der Waals surface area contributed by atoms with E-state index in [-0.39, 0.29) is 0 Å². The molecule has 1 saturated heterocycles. The fraction of sp³-hybridized carbons (Fsp3) is 0.889. The monoisotopic (exact) mass is 187 g/mol. The average Bonchev–Trinajstić information content (AvgIpc) is 2.16. The Kier molecular flexibility index (Phi) is 4.09. The molecule has 0 spiro atoms. The minimum Gasteiger partial charge on any atom is -0.302 e. The van der Waals surface area contributed by atoms with E-state index in [1.807, 2.05) is 11.8 Å². The number of nitrogens with zero attached hydrogens (tertiary/aromatic N) is 1. The maximum absolute atomic E-state index is 10.9. The molecule has 1 unspecified atom stereocenters. The lowest BCUT2D eigenvalue weighted by atomic mass is 10.1. The lowest BCUT2D eigenvalue weighted by Gasteiger charge is -2.23. The van der Waals surface area contributed by atoms with Crippen LogP contribution in [0.3, 0.4) is 0 Å². The predicted octanol–water partition coefficient (Wildman–Crippen LogP) is 1.40. The molecule has 0 radical (unpaired) electrons. The topological polar surface area (TPSA) is 20.3 Å². The van der Waals surface area contributed by atoms with E-state index in [0.29, 0.717) is 11.8 Å². The third kappa shape index (κ3) is 3.15. The van der Waals surface area contributed by atoms with Crippen molar-refractivity contribution in [3.05, 3.63) is 0 Å². The zero-order chi connectivity index (χ0) is 8.97. The summed E-state index contributed by atoms with van der Waals surface area (Å²) in [5.41, 5.74) is 0. The van der Waals surface area contributed by atoms with E-state index in [2.05, 4.69) is 11.9 Å². The van der Waals surface area contributed by atoms with Gasteiger partial charge in [0.2, 0.25) is 0 Å². The molecule has 70 valence electrons. The van der Waals surface area contributed by atoms with E-state index in [9.17, 15) is 4.79 Å². The molecule has 0 aromatic carbocycles. The third-order valence-corrected chi connectivity index (χ3v) is 3.33. The zero-order valence-electron chi connectivity index (χ0n) is 7.88. The highest BCUT2D eigenvalue weighted by atomic mass is 32.2. The van der Waals surface area contributed by atoms with E-state index in [4.69, 9.17) is 0 Å². The Labute approximate surface area is 78.7 Å². The van der Waals surface area contributed by atoms with Crippen molar-refractivity contribution >= 4 is 17.5 Å². The summed E-state index contributed by atoms with van der Waals surface area (Å²) in [6, 6.07) is 0.498. The van der Waals surface area contributed by atoms with Crippen LogP contribution in [-0.4, -0.2) is 41.8 Å². The summed E-state index contributed by atoms with van der Waals surface area (Å²) in [5.74, 6) is 2.74. The van der Waals surface area contributed by atoms with E-state index in [1.165, 1.54) is 17.9 Å². The van der Waals surface area contributed by atoms with Crippen LogP contribution in [0.4, 0.5) is 0 Å². The van der Waals surface area contributed by atoms with Gasteiger partial charge in [-0.05, 0) is 26.1 Å². The number of ketones is 1. The van der Waals surface area contributed by atoms with Gasteiger partial charge in [-0.1, -0.05) is 0 Å². The summed E-state index contributed by atoms with van der Waals surface area (Å²) in [6.07, 6.45) is 1.90. The summed E-state index contributed by atoms with van der Waals surface area (Å²) in [6.45, 7) is 2.81. The Bertz CT molecular complexity index is 161. The van der Waals surface area contributed by atoms with Gasteiger partial charge < -0.3 is 4.90 Å². The highest BCUT2D eigenvalue weighted by molar-refractivity contribution is 7.99. The molecular weight excluding hydrogens is 170 g/mol. The van der Waals surface area contributed by atoms with Crippen molar-refractivity contribution in [3.63, 3.8) is 0 Å². The van der Waals surface area contributed by atoms with Gasteiger partial charge in [-0.25, -0.2) is 0 Å². The Balaban J connectivity index is 2.41. The molecule has 0 saturated carbocycles. The summed E-state index contributed by atoms with van der Waals surface area (Å²) >= 11 is 2.00. The van der Waals surface area contributed by atoms with Gasteiger partial charge in [0.15, 0.2) is 0 Å². The maximum atomic E-state index is 10.9. The van der Waals surface area contributed by atoms with Gasteiger partial charge in [-0.15, -0.1) is 0 Å². The molecule has 1 rings (SSSR count). The van der Waals surface area contributed by atoms with E-state index < -0.39 is 0 Å². The first kappa shape index (κ1) is 10.1. The highest BCUT2D eigenvalue weighted by Crippen LogP contribution is 2.17. The summed E-state index contributed by atoms with van der Waals surface area (Å²) in [5, 5.41) is 0. The molecule has 0 amide bonds. The maximum Gasteiger partial charge on any atom is 0.131 e. The molecule has 0 aliphatic carbocycles. The largest absolute Gasteiger partial charge is 0.302 e. The van der Waals surface area contributed by atoms with Gasteiger partial charge in [0, 0.05) is 24.8 Å². The minimum absolute atomic E-state index is 0.318. The highest BCUT2D eigenvalue weighted by Gasteiger charge is 2.18. The van der Waals surface area contributed by atoms with Crippen LogP contribution < -0.4 is 0 Å². The van der Waals surface area contributed by atoms with Crippen LogP contribution in [0.2, 0.25) is 0 Å². The first-order valence-corrected chi connectivity index (χ1v) is 5.63. The molecule has 0 bridgehead atoms. The molecule has 3 heteroatoms. The lowest BCUT2D eigenvalue weighted by Crippen LogP contribution is -2.33. The smallest absolute Gasteiger partial charge is 0.131 e. The minimum atomic E-state index is 0.318. The van der Waals surface area contributed by atoms with Crippen molar-refractivity contribution in [2.45, 2.75) is 25.8 Å². The van der Waals surface area contributed by atoms with Crippen LogP contribution in [0.1, 0.15) is 19.8 Å². The van der Waals surface area contributed by atoms with Crippen molar-refractivity contribution in [3.8, 4) is 0 Å². The predicted molar refractivity (Wildman–Crippen MR) is 53.7 cm³/mol. The fourth-order valence-electron chi connectivity index (χ4n) is 1.52. The van der Waals surface area contributed by atoms with Crippen LogP contribution in [-0.2, 0) is 4.79 Å². The summed E-state index contributed by atoms with van der Waals surface area (Å²) < 4.78 is 0. The number of carbonyl (C=O) groups is 1. The molecule has 2 nitrogen and oxygen atoms in total. The van der Waals surface area contributed by atoms with Crippen molar-refractivity contribution in [1.29, 1.82) is 0 Å². The van der Waals surface area contributed by atoms with E-state index >= 15 is 0 Å². The first-order chi connectivity index (χ1) is 5.70. The average molecular weight is 187 g/mol.